The molecular formula is C14H13N3OS. The van der Waals surface area contributed by atoms with E-state index in [9.17, 15) is 0 Å². The minimum Gasteiger partial charge on any atom is -0.497 e. The number of rotatable bonds is 4. The van der Waals surface area contributed by atoms with Gasteiger partial charge in [0, 0.05) is 6.42 Å². The van der Waals surface area contributed by atoms with Crippen LogP contribution in [0.1, 0.15) is 11.4 Å². The number of H-pyrrole nitrogens is 1. The molecule has 0 fully saturated rings. The fourth-order valence-corrected chi connectivity index (χ4v) is 2.52. The SMILES string of the molecule is COc1cccc(Cc2nc(-c3cccs3)n[nH]2)c1. The monoisotopic (exact) mass is 271 g/mol. The zero-order chi connectivity index (χ0) is 13.1. The van der Waals surface area contributed by atoms with Crippen molar-refractivity contribution in [1.82, 2.24) is 15.2 Å². The molecule has 0 unspecified atom stereocenters. The zero-order valence-electron chi connectivity index (χ0n) is 10.5. The van der Waals surface area contributed by atoms with Crippen molar-refractivity contribution in [1.29, 1.82) is 0 Å². The van der Waals surface area contributed by atoms with Gasteiger partial charge in [-0.2, -0.15) is 5.10 Å². The van der Waals surface area contributed by atoms with Crippen molar-refractivity contribution in [3.8, 4) is 16.5 Å². The van der Waals surface area contributed by atoms with Gasteiger partial charge in [-0.25, -0.2) is 4.98 Å². The molecule has 0 aliphatic rings. The molecule has 0 aliphatic heterocycles. The van der Waals surface area contributed by atoms with Crippen LogP contribution in [-0.2, 0) is 6.42 Å². The first-order valence-electron chi connectivity index (χ1n) is 5.93. The van der Waals surface area contributed by atoms with Gasteiger partial charge >= 0.3 is 0 Å². The van der Waals surface area contributed by atoms with Gasteiger partial charge in [0.2, 0.25) is 0 Å². The molecular weight excluding hydrogens is 258 g/mol. The first-order valence-corrected chi connectivity index (χ1v) is 6.81. The summed E-state index contributed by atoms with van der Waals surface area (Å²) in [5.74, 6) is 2.47. The van der Waals surface area contributed by atoms with Crippen molar-refractivity contribution in [3.05, 3.63) is 53.2 Å². The van der Waals surface area contributed by atoms with Gasteiger partial charge in [-0.1, -0.05) is 18.2 Å². The Bertz CT molecular complexity index is 661. The summed E-state index contributed by atoms with van der Waals surface area (Å²) in [7, 11) is 1.67. The van der Waals surface area contributed by atoms with Crippen molar-refractivity contribution in [3.63, 3.8) is 0 Å². The summed E-state index contributed by atoms with van der Waals surface area (Å²) in [5.41, 5.74) is 1.15. The van der Waals surface area contributed by atoms with Crippen LogP contribution in [0.4, 0.5) is 0 Å². The molecule has 0 atom stereocenters. The molecule has 1 aromatic carbocycles. The van der Waals surface area contributed by atoms with Gasteiger partial charge in [0.1, 0.15) is 11.6 Å². The van der Waals surface area contributed by atoms with E-state index < -0.39 is 0 Å². The summed E-state index contributed by atoms with van der Waals surface area (Å²) < 4.78 is 5.21. The van der Waals surface area contributed by atoms with Crippen molar-refractivity contribution < 1.29 is 4.74 Å². The van der Waals surface area contributed by atoms with Crippen molar-refractivity contribution in [2.75, 3.05) is 7.11 Å². The van der Waals surface area contributed by atoms with E-state index in [-0.39, 0.29) is 0 Å². The third-order valence-corrected chi connectivity index (χ3v) is 3.64. The van der Waals surface area contributed by atoms with Crippen LogP contribution >= 0.6 is 11.3 Å². The van der Waals surface area contributed by atoms with Crippen LogP contribution in [0.2, 0.25) is 0 Å². The minimum absolute atomic E-state index is 0.718. The summed E-state index contributed by atoms with van der Waals surface area (Å²) >= 11 is 1.64. The molecule has 1 N–H and O–H groups in total. The van der Waals surface area contributed by atoms with Crippen molar-refractivity contribution >= 4 is 11.3 Å². The second kappa shape index (κ2) is 5.24. The summed E-state index contributed by atoms with van der Waals surface area (Å²) in [6.07, 6.45) is 0.718. The molecule has 5 heteroatoms. The lowest BCUT2D eigenvalue weighted by Crippen LogP contribution is -1.92. The second-order valence-electron chi connectivity index (χ2n) is 4.11. The van der Waals surface area contributed by atoms with Crippen LogP contribution in [0.3, 0.4) is 0 Å². The smallest absolute Gasteiger partial charge is 0.191 e. The Hall–Kier alpha value is -2.14. The van der Waals surface area contributed by atoms with Gasteiger partial charge in [0.15, 0.2) is 5.82 Å². The average molecular weight is 271 g/mol. The van der Waals surface area contributed by atoms with E-state index >= 15 is 0 Å². The highest BCUT2D eigenvalue weighted by atomic mass is 32.1. The number of ether oxygens (including phenoxy) is 1. The molecule has 3 rings (SSSR count). The Balaban J connectivity index is 1.80. The van der Waals surface area contributed by atoms with Crippen LogP contribution in [-0.4, -0.2) is 22.3 Å². The number of hydrogen-bond donors (Lipinski definition) is 1. The molecule has 0 saturated heterocycles. The molecule has 96 valence electrons. The van der Waals surface area contributed by atoms with Crippen LogP contribution in [0, 0.1) is 0 Å². The molecule has 0 bridgehead atoms. The number of hydrogen-bond acceptors (Lipinski definition) is 4. The molecule has 0 spiro atoms. The predicted molar refractivity (Wildman–Crippen MR) is 75.5 cm³/mol. The van der Waals surface area contributed by atoms with Gasteiger partial charge in [-0.3, -0.25) is 5.10 Å². The molecule has 0 radical (unpaired) electrons. The molecule has 0 amide bonds. The van der Waals surface area contributed by atoms with Gasteiger partial charge in [0.05, 0.1) is 12.0 Å². The van der Waals surface area contributed by atoms with E-state index in [0.29, 0.717) is 0 Å². The minimum atomic E-state index is 0.718. The van der Waals surface area contributed by atoms with Crippen LogP contribution in [0.15, 0.2) is 41.8 Å². The van der Waals surface area contributed by atoms with E-state index in [2.05, 4.69) is 21.2 Å². The van der Waals surface area contributed by atoms with E-state index in [4.69, 9.17) is 4.74 Å². The average Bonchev–Trinajstić information content (AvgIpc) is 3.09. The highest BCUT2D eigenvalue weighted by Crippen LogP contribution is 2.21. The highest BCUT2D eigenvalue weighted by Gasteiger charge is 2.07. The first-order chi connectivity index (χ1) is 9.35. The Morgan fingerprint density at radius 3 is 3.00 bits per heavy atom. The predicted octanol–water partition coefficient (Wildman–Crippen LogP) is 3.13. The third-order valence-electron chi connectivity index (χ3n) is 2.78. The molecule has 3 aromatic rings. The molecule has 0 aliphatic carbocycles. The second-order valence-corrected chi connectivity index (χ2v) is 5.06. The molecule has 0 saturated carbocycles. The van der Waals surface area contributed by atoms with E-state index in [0.717, 1.165) is 34.3 Å². The molecule has 19 heavy (non-hydrogen) atoms. The van der Waals surface area contributed by atoms with Gasteiger partial charge in [-0.05, 0) is 29.1 Å². The highest BCUT2D eigenvalue weighted by molar-refractivity contribution is 7.13. The Labute approximate surface area is 115 Å². The normalized spacial score (nSPS) is 10.6. The number of methoxy groups -OCH3 is 1. The Morgan fingerprint density at radius 1 is 1.26 bits per heavy atom. The maximum atomic E-state index is 5.21. The third kappa shape index (κ3) is 2.66. The van der Waals surface area contributed by atoms with Crippen LogP contribution < -0.4 is 4.74 Å². The number of aromatic amines is 1. The lowest BCUT2D eigenvalue weighted by Gasteiger charge is -2.02. The Morgan fingerprint density at radius 2 is 2.21 bits per heavy atom. The zero-order valence-corrected chi connectivity index (χ0v) is 11.3. The van der Waals surface area contributed by atoms with Crippen molar-refractivity contribution in [2.24, 2.45) is 0 Å². The van der Waals surface area contributed by atoms with Crippen molar-refractivity contribution in [2.45, 2.75) is 6.42 Å². The summed E-state index contributed by atoms with van der Waals surface area (Å²) in [4.78, 5) is 5.58. The number of nitrogens with zero attached hydrogens (tertiary/aromatic N) is 2. The first kappa shape index (κ1) is 11.9. The molecule has 2 heterocycles. The van der Waals surface area contributed by atoms with E-state index in [1.807, 2.05) is 35.7 Å². The van der Waals surface area contributed by atoms with Gasteiger partial charge in [-0.15, -0.1) is 11.3 Å². The Kier molecular flexibility index (Phi) is 3.29. The van der Waals surface area contributed by atoms with Gasteiger partial charge < -0.3 is 4.74 Å². The van der Waals surface area contributed by atoms with E-state index in [1.54, 1.807) is 18.4 Å². The standard InChI is InChI=1S/C14H13N3OS/c1-18-11-5-2-4-10(8-11)9-13-15-14(17-16-13)12-6-3-7-19-12/h2-8H,9H2,1H3,(H,15,16,17). The number of thiophene rings is 1. The lowest BCUT2D eigenvalue weighted by molar-refractivity contribution is 0.414. The maximum Gasteiger partial charge on any atom is 0.191 e. The topological polar surface area (TPSA) is 50.8 Å². The van der Waals surface area contributed by atoms with E-state index in [1.165, 1.54) is 0 Å². The fraction of sp³-hybridized carbons (Fsp3) is 0.143. The quantitative estimate of drug-likeness (QED) is 0.793. The fourth-order valence-electron chi connectivity index (χ4n) is 1.87. The van der Waals surface area contributed by atoms with Crippen LogP contribution in [0.5, 0.6) is 5.75 Å². The maximum absolute atomic E-state index is 5.21. The number of benzene rings is 1. The molecule has 4 nitrogen and oxygen atoms in total. The molecule has 2 aromatic heterocycles. The summed E-state index contributed by atoms with van der Waals surface area (Å²) in [5, 5.41) is 9.25. The number of aromatic nitrogens is 3. The summed E-state index contributed by atoms with van der Waals surface area (Å²) in [6, 6.07) is 12.0. The van der Waals surface area contributed by atoms with Gasteiger partial charge in [0.25, 0.3) is 0 Å². The lowest BCUT2D eigenvalue weighted by atomic mass is 10.1. The number of nitrogens with one attached hydrogen (secondary N) is 1. The van der Waals surface area contributed by atoms with Crippen LogP contribution in [0.25, 0.3) is 10.7 Å². The summed E-state index contributed by atoms with van der Waals surface area (Å²) in [6.45, 7) is 0. The largest absolute Gasteiger partial charge is 0.497 e.